The lowest BCUT2D eigenvalue weighted by molar-refractivity contribution is -0.126. The molecular weight excluding hydrogens is 350 g/mol. The van der Waals surface area contributed by atoms with Gasteiger partial charge in [-0.1, -0.05) is 48.0 Å². The minimum absolute atomic E-state index is 0.0707. The first-order valence-corrected chi connectivity index (χ1v) is 9.69. The monoisotopic (exact) mass is 375 g/mol. The first-order chi connectivity index (χ1) is 13.7. The predicted molar refractivity (Wildman–Crippen MR) is 108 cm³/mol. The SMILES string of the molecule is Cc1cccc(-c2nnc3n2CC(C(=O)NCc2ccccc2CN)CC3)c1. The molecule has 0 saturated carbocycles. The van der Waals surface area contributed by atoms with E-state index in [-0.39, 0.29) is 11.8 Å². The Morgan fingerprint density at radius 3 is 2.79 bits per heavy atom. The van der Waals surface area contributed by atoms with E-state index < -0.39 is 0 Å². The van der Waals surface area contributed by atoms with Crippen molar-refractivity contribution in [3.63, 3.8) is 0 Å². The van der Waals surface area contributed by atoms with E-state index in [1.165, 1.54) is 5.56 Å². The second kappa shape index (κ2) is 7.94. The van der Waals surface area contributed by atoms with Gasteiger partial charge in [-0.05, 0) is 30.5 Å². The van der Waals surface area contributed by atoms with Gasteiger partial charge in [-0.2, -0.15) is 0 Å². The number of nitrogens with one attached hydrogen (secondary N) is 1. The molecule has 28 heavy (non-hydrogen) atoms. The Morgan fingerprint density at radius 1 is 1.18 bits per heavy atom. The van der Waals surface area contributed by atoms with E-state index in [2.05, 4.69) is 39.1 Å². The van der Waals surface area contributed by atoms with E-state index in [0.29, 0.717) is 19.6 Å². The summed E-state index contributed by atoms with van der Waals surface area (Å²) in [4.78, 5) is 12.8. The maximum absolute atomic E-state index is 12.8. The van der Waals surface area contributed by atoms with E-state index in [1.807, 2.05) is 36.4 Å². The number of nitrogens with zero attached hydrogens (tertiary/aromatic N) is 3. The first kappa shape index (κ1) is 18.4. The van der Waals surface area contributed by atoms with Crippen molar-refractivity contribution in [1.82, 2.24) is 20.1 Å². The van der Waals surface area contributed by atoms with E-state index in [4.69, 9.17) is 5.73 Å². The largest absolute Gasteiger partial charge is 0.352 e. The number of amides is 1. The summed E-state index contributed by atoms with van der Waals surface area (Å²) in [7, 11) is 0. The van der Waals surface area contributed by atoms with Crippen molar-refractivity contribution in [3.05, 3.63) is 71.0 Å². The van der Waals surface area contributed by atoms with Gasteiger partial charge in [-0.15, -0.1) is 10.2 Å². The number of rotatable bonds is 5. The first-order valence-electron chi connectivity index (χ1n) is 9.69. The maximum Gasteiger partial charge on any atom is 0.225 e. The quantitative estimate of drug-likeness (QED) is 0.718. The van der Waals surface area contributed by atoms with Crippen LogP contribution in [0.3, 0.4) is 0 Å². The molecule has 4 rings (SSSR count). The van der Waals surface area contributed by atoms with Crippen molar-refractivity contribution in [1.29, 1.82) is 0 Å². The molecular formula is C22H25N5O. The lowest BCUT2D eigenvalue weighted by Gasteiger charge is -2.24. The van der Waals surface area contributed by atoms with Gasteiger partial charge in [0.15, 0.2) is 5.82 Å². The van der Waals surface area contributed by atoms with Gasteiger partial charge in [-0.25, -0.2) is 0 Å². The van der Waals surface area contributed by atoms with Crippen molar-refractivity contribution in [2.45, 2.75) is 39.4 Å². The van der Waals surface area contributed by atoms with Gasteiger partial charge in [0.05, 0.1) is 5.92 Å². The Hall–Kier alpha value is -2.99. The minimum Gasteiger partial charge on any atom is -0.352 e. The van der Waals surface area contributed by atoms with Crippen LogP contribution < -0.4 is 11.1 Å². The predicted octanol–water partition coefficient (Wildman–Crippen LogP) is 2.59. The normalized spacial score (nSPS) is 15.9. The smallest absolute Gasteiger partial charge is 0.225 e. The highest BCUT2D eigenvalue weighted by Crippen LogP contribution is 2.26. The van der Waals surface area contributed by atoms with Crippen molar-refractivity contribution in [2.24, 2.45) is 11.7 Å². The molecule has 2 aromatic carbocycles. The second-order valence-electron chi connectivity index (χ2n) is 7.35. The maximum atomic E-state index is 12.8. The molecule has 0 saturated heterocycles. The number of hydrogen-bond donors (Lipinski definition) is 2. The summed E-state index contributed by atoms with van der Waals surface area (Å²) in [6.45, 7) is 3.64. The van der Waals surface area contributed by atoms with Gasteiger partial charge >= 0.3 is 0 Å². The summed E-state index contributed by atoms with van der Waals surface area (Å²) in [6.07, 6.45) is 1.55. The molecule has 3 N–H and O–H groups in total. The van der Waals surface area contributed by atoms with Crippen molar-refractivity contribution >= 4 is 5.91 Å². The number of hydrogen-bond acceptors (Lipinski definition) is 4. The van der Waals surface area contributed by atoms with Gasteiger partial charge in [0.25, 0.3) is 0 Å². The van der Waals surface area contributed by atoms with Gasteiger partial charge < -0.3 is 15.6 Å². The standard InChI is InChI=1S/C22H25N5O/c1-15-5-4-8-16(11-15)21-26-25-20-10-9-19(14-27(20)21)22(28)24-13-18-7-3-2-6-17(18)12-23/h2-8,11,19H,9-10,12-14,23H2,1H3,(H,24,28). The lowest BCUT2D eigenvalue weighted by Crippen LogP contribution is -2.36. The van der Waals surface area contributed by atoms with Crippen LogP contribution in [0.15, 0.2) is 48.5 Å². The molecule has 0 fully saturated rings. The molecule has 6 nitrogen and oxygen atoms in total. The van der Waals surface area contributed by atoms with E-state index in [1.54, 1.807) is 0 Å². The second-order valence-corrected chi connectivity index (χ2v) is 7.35. The molecule has 3 aromatic rings. The van der Waals surface area contributed by atoms with Crippen LogP contribution in [0.2, 0.25) is 0 Å². The van der Waals surface area contributed by atoms with Crippen molar-refractivity contribution < 1.29 is 4.79 Å². The Bertz CT molecular complexity index is 994. The Kier molecular flexibility index (Phi) is 5.21. The fourth-order valence-corrected chi connectivity index (χ4v) is 3.79. The number of benzene rings is 2. The number of carbonyl (C=O) groups excluding carboxylic acids is 1. The highest BCUT2D eigenvalue weighted by Gasteiger charge is 2.28. The highest BCUT2D eigenvalue weighted by atomic mass is 16.1. The molecule has 2 heterocycles. The molecule has 144 valence electrons. The van der Waals surface area contributed by atoms with Gasteiger partial charge in [0.1, 0.15) is 5.82 Å². The average molecular weight is 375 g/mol. The molecule has 1 aliphatic heterocycles. The highest BCUT2D eigenvalue weighted by molar-refractivity contribution is 5.79. The minimum atomic E-state index is -0.0860. The topological polar surface area (TPSA) is 85.8 Å². The lowest BCUT2D eigenvalue weighted by atomic mass is 9.97. The zero-order chi connectivity index (χ0) is 19.5. The number of nitrogens with two attached hydrogens (primary N) is 1. The fourth-order valence-electron chi connectivity index (χ4n) is 3.79. The molecule has 1 unspecified atom stereocenters. The fraction of sp³-hybridized carbons (Fsp3) is 0.318. The van der Waals surface area contributed by atoms with Crippen LogP contribution in [0.25, 0.3) is 11.4 Å². The van der Waals surface area contributed by atoms with Crippen LogP contribution >= 0.6 is 0 Å². The summed E-state index contributed by atoms with van der Waals surface area (Å²) in [5, 5.41) is 11.8. The Morgan fingerprint density at radius 2 is 2.00 bits per heavy atom. The molecule has 1 amide bonds. The van der Waals surface area contributed by atoms with Gasteiger partial charge in [-0.3, -0.25) is 4.79 Å². The molecule has 1 atom stereocenters. The van der Waals surface area contributed by atoms with Crippen LogP contribution in [0.4, 0.5) is 0 Å². The molecule has 0 aliphatic carbocycles. The molecule has 6 heteroatoms. The third-order valence-electron chi connectivity index (χ3n) is 5.39. The van der Waals surface area contributed by atoms with Crippen molar-refractivity contribution in [2.75, 3.05) is 0 Å². The number of carbonyl (C=O) groups is 1. The molecule has 1 aliphatic rings. The average Bonchev–Trinajstić information content (AvgIpc) is 3.15. The van der Waals surface area contributed by atoms with E-state index in [9.17, 15) is 4.79 Å². The van der Waals surface area contributed by atoms with Crippen molar-refractivity contribution in [3.8, 4) is 11.4 Å². The third-order valence-corrected chi connectivity index (χ3v) is 5.39. The van der Waals surface area contributed by atoms with Gasteiger partial charge in [0.2, 0.25) is 5.91 Å². The van der Waals surface area contributed by atoms with Gasteiger partial charge in [0, 0.05) is 31.6 Å². The van der Waals surface area contributed by atoms with Crippen LogP contribution in [0.5, 0.6) is 0 Å². The van der Waals surface area contributed by atoms with Crippen LogP contribution in [0.1, 0.15) is 28.9 Å². The molecule has 1 aromatic heterocycles. The molecule has 0 radical (unpaired) electrons. The summed E-state index contributed by atoms with van der Waals surface area (Å²) in [6, 6.07) is 16.2. The number of fused-ring (bicyclic) bond motifs is 1. The summed E-state index contributed by atoms with van der Waals surface area (Å²) in [5.74, 6) is 1.78. The van der Waals surface area contributed by atoms with Crippen LogP contribution in [-0.4, -0.2) is 20.7 Å². The third kappa shape index (κ3) is 3.68. The van der Waals surface area contributed by atoms with E-state index in [0.717, 1.165) is 41.2 Å². The van der Waals surface area contributed by atoms with Crippen LogP contribution in [0, 0.1) is 12.8 Å². The molecule has 0 bridgehead atoms. The summed E-state index contributed by atoms with van der Waals surface area (Å²) >= 11 is 0. The Labute approximate surface area is 164 Å². The van der Waals surface area contributed by atoms with E-state index >= 15 is 0 Å². The number of aryl methyl sites for hydroxylation is 2. The zero-order valence-corrected chi connectivity index (χ0v) is 16.1. The zero-order valence-electron chi connectivity index (χ0n) is 16.1. The molecule has 0 spiro atoms. The van der Waals surface area contributed by atoms with Crippen LogP contribution in [-0.2, 0) is 30.8 Å². The Balaban J connectivity index is 1.48. The summed E-state index contributed by atoms with van der Waals surface area (Å²) in [5.41, 5.74) is 10.1. The number of aromatic nitrogens is 3. The summed E-state index contributed by atoms with van der Waals surface area (Å²) < 4.78 is 2.09.